The fourth-order valence-electron chi connectivity index (χ4n) is 4.58. The van der Waals surface area contributed by atoms with Crippen LogP contribution in [0.15, 0.2) is 85.2 Å². The molecule has 0 radical (unpaired) electrons. The molecule has 0 N–H and O–H groups in total. The number of pyridine rings is 1. The summed E-state index contributed by atoms with van der Waals surface area (Å²) in [7, 11) is 0. The zero-order chi connectivity index (χ0) is 23.7. The van der Waals surface area contributed by atoms with Gasteiger partial charge in [-0.2, -0.15) is 0 Å². The van der Waals surface area contributed by atoms with Gasteiger partial charge < -0.3 is 4.55 Å². The maximum atomic E-state index is 12.2. The summed E-state index contributed by atoms with van der Waals surface area (Å²) in [5.74, 6) is 0. The van der Waals surface area contributed by atoms with Crippen LogP contribution >= 0.6 is 23.2 Å². The van der Waals surface area contributed by atoms with Crippen LogP contribution in [0.3, 0.4) is 0 Å². The smallest absolute Gasteiger partial charge is 0.0602 e. The van der Waals surface area contributed by atoms with Crippen LogP contribution in [-0.2, 0) is 17.8 Å². The van der Waals surface area contributed by atoms with E-state index in [-0.39, 0.29) is 12.1 Å². The Hall–Kier alpha value is -2.32. The minimum Gasteiger partial charge on any atom is -0.760 e. The summed E-state index contributed by atoms with van der Waals surface area (Å²) in [4.78, 5) is 6.45. The molecular formula is C26H22Cl2N3O2S-. The van der Waals surface area contributed by atoms with Crippen LogP contribution in [-0.4, -0.2) is 42.1 Å². The Balaban J connectivity index is 1.38. The van der Waals surface area contributed by atoms with Crippen molar-refractivity contribution in [2.75, 3.05) is 13.1 Å². The molecule has 1 fully saturated rings. The lowest BCUT2D eigenvalue weighted by molar-refractivity contribution is 0.0496. The molecule has 5 rings (SSSR count). The largest absolute Gasteiger partial charge is 0.760 e. The molecule has 0 amide bonds. The Morgan fingerprint density at radius 1 is 0.971 bits per heavy atom. The van der Waals surface area contributed by atoms with Crippen molar-refractivity contribution in [3.8, 4) is 0 Å². The fraction of sp³-hybridized carbons (Fsp3) is 0.192. The zero-order valence-electron chi connectivity index (χ0n) is 18.2. The highest BCUT2D eigenvalue weighted by atomic mass is 35.5. The average molecular weight is 511 g/mol. The Bertz CT molecular complexity index is 1260. The molecule has 1 aliphatic heterocycles. The van der Waals surface area contributed by atoms with Crippen molar-refractivity contribution in [1.82, 2.24) is 14.2 Å². The van der Waals surface area contributed by atoms with Gasteiger partial charge in [0, 0.05) is 64.8 Å². The van der Waals surface area contributed by atoms with Gasteiger partial charge in [-0.15, -0.1) is 0 Å². The summed E-state index contributed by atoms with van der Waals surface area (Å²) in [5, 5.41) is 3.37. The average Bonchev–Trinajstić information content (AvgIpc) is 2.81. The van der Waals surface area contributed by atoms with E-state index >= 15 is 0 Å². The van der Waals surface area contributed by atoms with E-state index < -0.39 is 11.3 Å². The van der Waals surface area contributed by atoms with Crippen LogP contribution < -0.4 is 0 Å². The third kappa shape index (κ3) is 4.89. The van der Waals surface area contributed by atoms with Gasteiger partial charge >= 0.3 is 0 Å². The summed E-state index contributed by atoms with van der Waals surface area (Å²) < 4.78 is 26.0. The quantitative estimate of drug-likeness (QED) is 0.303. The zero-order valence-corrected chi connectivity index (χ0v) is 20.5. The number of aromatic nitrogens is 1. The van der Waals surface area contributed by atoms with Crippen LogP contribution in [0.4, 0.5) is 0 Å². The summed E-state index contributed by atoms with van der Waals surface area (Å²) in [5.41, 5.74) is 3.16. The minimum atomic E-state index is -2.34. The first-order valence-corrected chi connectivity index (χ1v) is 12.7. The van der Waals surface area contributed by atoms with Crippen molar-refractivity contribution in [1.29, 1.82) is 0 Å². The summed E-state index contributed by atoms with van der Waals surface area (Å²) in [6, 6.07) is 23.3. The maximum absolute atomic E-state index is 12.2. The molecule has 5 nitrogen and oxygen atoms in total. The van der Waals surface area contributed by atoms with Crippen LogP contribution in [0.5, 0.6) is 0 Å². The first-order chi connectivity index (χ1) is 16.5. The van der Waals surface area contributed by atoms with E-state index in [0.29, 0.717) is 29.7 Å². The SMILES string of the molecule is O=S([O-])N(Cc1cccc2cnccc12)C1CN(C(c2ccc(Cl)cc2)c2ccc(Cl)cc2)C1. The normalized spacial score (nSPS) is 15.7. The molecule has 1 unspecified atom stereocenters. The highest BCUT2D eigenvalue weighted by Crippen LogP contribution is 2.35. The molecule has 1 aromatic heterocycles. The van der Waals surface area contributed by atoms with E-state index in [1.807, 2.05) is 72.8 Å². The lowest BCUT2D eigenvalue weighted by Gasteiger charge is -2.49. The van der Waals surface area contributed by atoms with Crippen LogP contribution in [0.25, 0.3) is 10.8 Å². The highest BCUT2D eigenvalue weighted by molar-refractivity contribution is 7.76. The maximum Gasteiger partial charge on any atom is 0.0602 e. The standard InChI is InChI=1S/C26H23Cl2N3O2S/c27-22-8-4-18(5-9-22)26(19-6-10-23(28)11-7-19)30-16-24(17-30)31(34(32)33)15-21-3-1-2-20-14-29-13-12-25(20)21/h1-14,24,26H,15-17H2,(H,32,33)/p-1. The van der Waals surface area contributed by atoms with Gasteiger partial charge in [-0.1, -0.05) is 65.7 Å². The number of benzene rings is 3. The molecule has 2 heterocycles. The Morgan fingerprint density at radius 3 is 2.18 bits per heavy atom. The summed E-state index contributed by atoms with van der Waals surface area (Å²) >= 11 is 9.89. The molecule has 1 aliphatic rings. The molecule has 0 saturated carbocycles. The van der Waals surface area contributed by atoms with Crippen molar-refractivity contribution < 1.29 is 8.76 Å². The number of nitrogens with zero attached hydrogens (tertiary/aromatic N) is 3. The number of hydrogen-bond acceptors (Lipinski definition) is 4. The van der Waals surface area contributed by atoms with E-state index in [4.69, 9.17) is 23.2 Å². The summed E-state index contributed by atoms with van der Waals surface area (Å²) in [6.45, 7) is 1.56. The van der Waals surface area contributed by atoms with E-state index in [1.165, 1.54) is 0 Å². The second-order valence-corrected chi connectivity index (χ2v) is 10.2. The van der Waals surface area contributed by atoms with Gasteiger partial charge in [0.2, 0.25) is 0 Å². The predicted octanol–water partition coefficient (Wildman–Crippen LogP) is 5.61. The number of hydrogen-bond donors (Lipinski definition) is 0. The second kappa shape index (κ2) is 10.1. The molecule has 0 aliphatic carbocycles. The number of rotatable bonds is 7. The van der Waals surface area contributed by atoms with E-state index in [1.54, 1.807) is 16.7 Å². The number of fused-ring (bicyclic) bond motifs is 1. The number of halogens is 2. The molecule has 1 atom stereocenters. The van der Waals surface area contributed by atoms with E-state index in [0.717, 1.165) is 27.5 Å². The third-order valence-corrected chi connectivity index (χ3v) is 7.64. The first kappa shape index (κ1) is 23.4. The molecular weight excluding hydrogens is 489 g/mol. The minimum absolute atomic E-state index is 0.0173. The highest BCUT2D eigenvalue weighted by Gasteiger charge is 2.38. The van der Waals surface area contributed by atoms with Crippen LogP contribution in [0, 0.1) is 0 Å². The van der Waals surface area contributed by atoms with E-state index in [9.17, 15) is 8.76 Å². The molecule has 0 bridgehead atoms. The summed E-state index contributed by atoms with van der Waals surface area (Å²) in [6.07, 6.45) is 3.53. The van der Waals surface area contributed by atoms with Gasteiger partial charge in [0.25, 0.3) is 0 Å². The van der Waals surface area contributed by atoms with Crippen molar-refractivity contribution in [3.05, 3.63) is 112 Å². The second-order valence-electron chi connectivity index (χ2n) is 8.42. The molecule has 0 spiro atoms. The Kier molecular flexibility index (Phi) is 6.97. The van der Waals surface area contributed by atoms with Crippen LogP contribution in [0.1, 0.15) is 22.7 Å². The molecule has 4 aromatic rings. The fourth-order valence-corrected chi connectivity index (χ4v) is 5.46. The van der Waals surface area contributed by atoms with E-state index in [2.05, 4.69) is 9.88 Å². The molecule has 34 heavy (non-hydrogen) atoms. The topological polar surface area (TPSA) is 59.5 Å². The molecule has 3 aromatic carbocycles. The predicted molar refractivity (Wildman–Crippen MR) is 136 cm³/mol. The lowest BCUT2D eigenvalue weighted by atomic mass is 9.93. The third-order valence-electron chi connectivity index (χ3n) is 6.32. The van der Waals surface area contributed by atoms with Gasteiger partial charge in [0.05, 0.1) is 6.04 Å². The van der Waals surface area contributed by atoms with Gasteiger partial charge in [-0.3, -0.25) is 14.1 Å². The van der Waals surface area contributed by atoms with Crippen LogP contribution in [0.2, 0.25) is 10.0 Å². The number of likely N-dealkylation sites (tertiary alicyclic amines) is 1. The first-order valence-electron chi connectivity index (χ1n) is 10.9. The molecule has 1 saturated heterocycles. The molecule has 8 heteroatoms. The monoisotopic (exact) mass is 510 g/mol. The van der Waals surface area contributed by atoms with Crippen molar-refractivity contribution in [2.24, 2.45) is 0 Å². The van der Waals surface area contributed by atoms with Crippen molar-refractivity contribution >= 4 is 45.2 Å². The Labute approximate surface area is 211 Å². The lowest BCUT2D eigenvalue weighted by Crippen LogP contribution is -2.60. The Morgan fingerprint density at radius 2 is 1.59 bits per heavy atom. The molecule has 174 valence electrons. The van der Waals surface area contributed by atoms with Crippen molar-refractivity contribution in [2.45, 2.75) is 18.6 Å². The van der Waals surface area contributed by atoms with Gasteiger partial charge in [0.15, 0.2) is 0 Å². The van der Waals surface area contributed by atoms with Gasteiger partial charge in [-0.05, 0) is 52.4 Å². The van der Waals surface area contributed by atoms with Gasteiger partial charge in [0.1, 0.15) is 0 Å². The van der Waals surface area contributed by atoms with Crippen molar-refractivity contribution in [3.63, 3.8) is 0 Å². The van der Waals surface area contributed by atoms with Gasteiger partial charge in [-0.25, -0.2) is 4.31 Å².